The van der Waals surface area contributed by atoms with E-state index in [4.69, 9.17) is 0 Å². The Morgan fingerprint density at radius 3 is 1.37 bits per heavy atom. The maximum atomic E-state index is 14.1. The molecule has 19 heteroatoms. The molecule has 0 saturated carbocycles. The number of alkyl halides is 15. The second-order valence-electron chi connectivity index (χ2n) is 7.92. The third-order valence-electron chi connectivity index (χ3n) is 5.05. The number of benzene rings is 2. The van der Waals surface area contributed by atoms with Crippen molar-refractivity contribution >= 4 is 11.9 Å². The largest absolute Gasteiger partial charge is 0.460 e. The number of carbonyl (C=O) groups excluding carboxylic acids is 2. The minimum atomic E-state index is -8.56. The van der Waals surface area contributed by atoms with E-state index in [0.29, 0.717) is 17.7 Å². The molecule has 0 N–H and O–H groups in total. The molecule has 2 aromatic rings. The quantitative estimate of drug-likeness (QED) is 0.161. The van der Waals surface area contributed by atoms with Gasteiger partial charge in [0.1, 0.15) is 0 Å². The van der Waals surface area contributed by atoms with Gasteiger partial charge >= 0.3 is 53.7 Å². The van der Waals surface area contributed by atoms with E-state index < -0.39 is 71.6 Å². The summed E-state index contributed by atoms with van der Waals surface area (Å²) in [6, 6.07) is 10.1. The van der Waals surface area contributed by atoms with Gasteiger partial charge in [-0.2, -0.15) is 65.9 Å². The first-order chi connectivity index (χ1) is 18.4. The highest BCUT2D eigenvalue weighted by atomic mass is 19.4. The van der Waals surface area contributed by atoms with Gasteiger partial charge in [-0.15, -0.1) is 0 Å². The zero-order chi connectivity index (χ0) is 31.9. The fourth-order valence-electron chi connectivity index (χ4n) is 2.80. The van der Waals surface area contributed by atoms with E-state index in [0.717, 1.165) is 12.1 Å². The van der Waals surface area contributed by atoms with Gasteiger partial charge in [-0.3, -0.25) is 4.79 Å². The van der Waals surface area contributed by atoms with Gasteiger partial charge in [0.25, 0.3) is 0 Å². The molecule has 0 unspecified atom stereocenters. The van der Waals surface area contributed by atoms with Crippen LogP contribution in [-0.4, -0.2) is 53.7 Å². The molecule has 0 spiro atoms. The van der Waals surface area contributed by atoms with Gasteiger partial charge in [0.05, 0.1) is 6.42 Å². The van der Waals surface area contributed by atoms with Crippen molar-refractivity contribution in [3.63, 3.8) is 0 Å². The lowest BCUT2D eigenvalue weighted by Gasteiger charge is -2.40. The van der Waals surface area contributed by atoms with Crippen molar-refractivity contribution in [1.82, 2.24) is 0 Å². The molecular formula is C22H11F15O4. The Morgan fingerprint density at radius 1 is 0.512 bits per heavy atom. The summed E-state index contributed by atoms with van der Waals surface area (Å²) in [5.41, 5.74) is 0.300. The Balaban J connectivity index is 2.39. The van der Waals surface area contributed by atoms with Gasteiger partial charge in [-0.05, 0) is 17.7 Å². The summed E-state index contributed by atoms with van der Waals surface area (Å²) in [7, 11) is 0. The summed E-state index contributed by atoms with van der Waals surface area (Å²) in [6.45, 7) is 0. The average Bonchev–Trinajstić information content (AvgIpc) is 2.84. The van der Waals surface area contributed by atoms with Crippen molar-refractivity contribution in [2.24, 2.45) is 0 Å². The van der Waals surface area contributed by atoms with E-state index in [9.17, 15) is 75.4 Å². The second-order valence-corrected chi connectivity index (χ2v) is 7.92. The second kappa shape index (κ2) is 10.6. The fourth-order valence-corrected chi connectivity index (χ4v) is 2.80. The van der Waals surface area contributed by atoms with Gasteiger partial charge in [0.2, 0.25) is 0 Å². The number of para-hydroxylation sites is 2. The third kappa shape index (κ3) is 5.61. The first-order valence-corrected chi connectivity index (χ1v) is 10.3. The highest BCUT2D eigenvalue weighted by molar-refractivity contribution is 5.83. The molecule has 0 aliphatic rings. The molecule has 0 amide bonds. The third-order valence-corrected chi connectivity index (χ3v) is 5.05. The summed E-state index contributed by atoms with van der Waals surface area (Å²) in [6.07, 6.45) is -8.29. The summed E-state index contributed by atoms with van der Waals surface area (Å²) >= 11 is 0. The van der Waals surface area contributed by atoms with Crippen molar-refractivity contribution in [2.75, 3.05) is 0 Å². The molecule has 0 radical (unpaired) electrons. The average molecular weight is 624 g/mol. The summed E-state index contributed by atoms with van der Waals surface area (Å²) in [4.78, 5) is 23.7. The van der Waals surface area contributed by atoms with E-state index >= 15 is 0 Å². The Morgan fingerprint density at radius 2 is 0.902 bits per heavy atom. The number of esters is 2. The molecule has 2 aromatic carbocycles. The molecule has 0 bridgehead atoms. The topological polar surface area (TPSA) is 52.6 Å². The number of carbonyl (C=O) groups is 2. The predicted molar refractivity (Wildman–Crippen MR) is 104 cm³/mol. The predicted octanol–water partition coefficient (Wildman–Crippen LogP) is 7.11. The number of hydrogen-bond donors (Lipinski definition) is 0. The molecule has 0 saturated heterocycles. The maximum absolute atomic E-state index is 14.1. The van der Waals surface area contributed by atoms with Crippen LogP contribution in [-0.2, 0) is 16.0 Å². The van der Waals surface area contributed by atoms with Crippen molar-refractivity contribution in [3.8, 4) is 11.5 Å². The van der Waals surface area contributed by atoms with Crippen LogP contribution in [0, 0.1) is 0 Å². The molecule has 41 heavy (non-hydrogen) atoms. The molecule has 0 aromatic heterocycles. The zero-order valence-corrected chi connectivity index (χ0v) is 19.2. The van der Waals surface area contributed by atoms with Crippen LogP contribution in [0.2, 0.25) is 0 Å². The highest BCUT2D eigenvalue weighted by Crippen LogP contribution is 2.62. The van der Waals surface area contributed by atoms with Crippen LogP contribution in [0.5, 0.6) is 11.5 Å². The Bertz CT molecular complexity index is 1260. The lowest BCUT2D eigenvalue weighted by Crippen LogP contribution is -2.73. The summed E-state index contributed by atoms with van der Waals surface area (Å²) < 4.78 is 208. The lowest BCUT2D eigenvalue weighted by molar-refractivity contribution is -0.450. The fraction of sp³-hybridized carbons (Fsp3) is 0.364. The van der Waals surface area contributed by atoms with Crippen molar-refractivity contribution in [2.45, 2.75) is 48.1 Å². The Hall–Kier alpha value is -3.67. The first-order valence-electron chi connectivity index (χ1n) is 10.3. The minimum Gasteiger partial charge on any atom is -0.422 e. The van der Waals surface area contributed by atoms with Crippen molar-refractivity contribution < 1.29 is 84.9 Å². The Kier molecular flexibility index (Phi) is 8.69. The van der Waals surface area contributed by atoms with Crippen LogP contribution < -0.4 is 9.47 Å². The van der Waals surface area contributed by atoms with E-state index in [2.05, 4.69) is 9.47 Å². The van der Waals surface area contributed by atoms with Crippen LogP contribution in [0.25, 0.3) is 0 Å². The van der Waals surface area contributed by atoms with Crippen LogP contribution >= 0.6 is 0 Å². The zero-order valence-electron chi connectivity index (χ0n) is 19.2. The van der Waals surface area contributed by atoms with E-state index in [-0.39, 0.29) is 0 Å². The molecule has 4 nitrogen and oxygen atoms in total. The van der Waals surface area contributed by atoms with Crippen LogP contribution in [0.15, 0.2) is 54.6 Å². The molecule has 0 fully saturated rings. The van der Waals surface area contributed by atoms with Crippen LogP contribution in [0.4, 0.5) is 65.9 Å². The highest BCUT2D eigenvalue weighted by Gasteiger charge is 2.94. The van der Waals surface area contributed by atoms with E-state index in [1.165, 1.54) is 24.3 Å². The van der Waals surface area contributed by atoms with E-state index in [1.807, 2.05) is 0 Å². The molecule has 0 heterocycles. The molecular weight excluding hydrogens is 613 g/mol. The minimum absolute atomic E-state index is 0.300. The number of rotatable bonds is 10. The molecule has 0 aliphatic heterocycles. The number of halogens is 15. The van der Waals surface area contributed by atoms with E-state index in [1.54, 1.807) is 6.07 Å². The monoisotopic (exact) mass is 624 g/mol. The summed E-state index contributed by atoms with van der Waals surface area (Å²) in [5, 5.41) is 0. The maximum Gasteiger partial charge on any atom is 0.460 e. The molecule has 0 aliphatic carbocycles. The number of ether oxygens (including phenoxy) is 2. The molecule has 0 atom stereocenters. The first kappa shape index (κ1) is 33.5. The standard InChI is InChI=1S/C22H11F15O4/c23-16(24,17(25,26)18(27,28)19(29,30)20(31,32)21(33,34)22(35,36)37)15(39)41-13-9-5-4-8-12(13)40-14(38)10-11-6-2-1-3-7-11/h1-9H,10H2. The van der Waals surface area contributed by atoms with Gasteiger partial charge in [0, 0.05) is 0 Å². The van der Waals surface area contributed by atoms with Crippen LogP contribution in [0.1, 0.15) is 5.56 Å². The van der Waals surface area contributed by atoms with Gasteiger partial charge in [0.15, 0.2) is 11.5 Å². The van der Waals surface area contributed by atoms with Crippen LogP contribution in [0.3, 0.4) is 0 Å². The smallest absolute Gasteiger partial charge is 0.422 e. The van der Waals surface area contributed by atoms with Crippen molar-refractivity contribution in [3.05, 3.63) is 60.2 Å². The number of hydrogen-bond acceptors (Lipinski definition) is 4. The van der Waals surface area contributed by atoms with Gasteiger partial charge in [-0.25, -0.2) is 4.79 Å². The van der Waals surface area contributed by atoms with Gasteiger partial charge in [-0.1, -0.05) is 42.5 Å². The SMILES string of the molecule is O=C(Cc1ccccc1)Oc1ccccc1OC(=O)C(F)(F)C(F)(F)C(F)(F)C(F)(F)C(F)(F)C(F)(F)C(F)(F)F. The molecule has 2 rings (SSSR count). The summed E-state index contributed by atoms with van der Waals surface area (Å²) in [5.74, 6) is -56.6. The lowest BCUT2D eigenvalue weighted by atomic mass is 9.91. The molecule has 228 valence electrons. The van der Waals surface area contributed by atoms with Gasteiger partial charge < -0.3 is 9.47 Å². The normalized spacial score (nSPS) is 14.0. The van der Waals surface area contributed by atoms with Crippen molar-refractivity contribution in [1.29, 1.82) is 0 Å². The Labute approximate surface area is 217 Å².